The molecule has 1 saturated heterocycles. The van der Waals surface area contributed by atoms with Crippen LogP contribution >= 0.6 is 0 Å². The Morgan fingerprint density at radius 3 is 2.75 bits per heavy atom. The van der Waals surface area contributed by atoms with Crippen LogP contribution in [-0.2, 0) is 11.3 Å². The number of nitrogens with zero attached hydrogens (tertiary/aromatic N) is 1. The molecule has 1 N–H and O–H groups in total. The predicted octanol–water partition coefficient (Wildman–Crippen LogP) is 1.95. The summed E-state index contributed by atoms with van der Waals surface area (Å²) in [4.78, 5) is 13.1. The van der Waals surface area contributed by atoms with Gasteiger partial charge in [0.05, 0.1) is 6.04 Å². The molecule has 1 fully saturated rings. The minimum absolute atomic E-state index is 0.0718. The van der Waals surface area contributed by atoms with Crippen molar-refractivity contribution in [1.82, 2.24) is 4.90 Å². The zero-order chi connectivity index (χ0) is 11.4. The zero-order valence-corrected chi connectivity index (χ0v) is 9.30. The van der Waals surface area contributed by atoms with Gasteiger partial charge in [-0.2, -0.15) is 0 Å². The van der Waals surface area contributed by atoms with Gasteiger partial charge in [0.25, 0.3) is 0 Å². The Morgan fingerprint density at radius 2 is 2.06 bits per heavy atom. The van der Waals surface area contributed by atoms with Crippen LogP contribution in [0.5, 0.6) is 5.75 Å². The third-order valence-corrected chi connectivity index (χ3v) is 3.14. The van der Waals surface area contributed by atoms with Gasteiger partial charge in [0.2, 0.25) is 0 Å². The summed E-state index contributed by atoms with van der Waals surface area (Å²) in [5, 5.41) is 9.19. The number of rotatable bonds is 3. The fourth-order valence-corrected chi connectivity index (χ4v) is 2.20. The summed E-state index contributed by atoms with van der Waals surface area (Å²) in [5.41, 5.74) is 1.14. The van der Waals surface area contributed by atoms with Crippen molar-refractivity contribution in [3.8, 4) is 5.75 Å². The van der Waals surface area contributed by atoms with Crippen LogP contribution in [0.2, 0.25) is 0 Å². The Hall–Kier alpha value is -1.35. The largest absolute Gasteiger partial charge is 0.508 e. The number of likely N-dealkylation sites (tertiary alicyclic amines) is 1. The van der Waals surface area contributed by atoms with Crippen molar-refractivity contribution in [2.24, 2.45) is 0 Å². The summed E-state index contributed by atoms with van der Waals surface area (Å²) in [7, 11) is 0. The maximum Gasteiger partial charge on any atom is 0.137 e. The van der Waals surface area contributed by atoms with E-state index >= 15 is 0 Å². The van der Waals surface area contributed by atoms with Gasteiger partial charge in [-0.25, -0.2) is 0 Å². The minimum Gasteiger partial charge on any atom is -0.508 e. The molecule has 0 bridgehead atoms. The molecular formula is C13H17NO2. The van der Waals surface area contributed by atoms with Crippen LogP contribution in [0.1, 0.15) is 24.8 Å². The fourth-order valence-electron chi connectivity index (χ4n) is 2.20. The zero-order valence-electron chi connectivity index (χ0n) is 9.30. The lowest BCUT2D eigenvalue weighted by atomic mass is 10.0. The van der Waals surface area contributed by atoms with Crippen LogP contribution in [0, 0.1) is 0 Å². The third kappa shape index (κ3) is 2.61. The number of hydrogen-bond acceptors (Lipinski definition) is 3. The normalized spacial score (nSPS) is 21.9. The van der Waals surface area contributed by atoms with E-state index < -0.39 is 0 Å². The van der Waals surface area contributed by atoms with Crippen molar-refractivity contribution < 1.29 is 9.90 Å². The Labute approximate surface area is 95.7 Å². The molecule has 0 aromatic heterocycles. The second-order valence-electron chi connectivity index (χ2n) is 4.34. The highest BCUT2D eigenvalue weighted by Gasteiger charge is 2.21. The fraction of sp³-hybridized carbons (Fsp3) is 0.462. The Morgan fingerprint density at radius 1 is 1.31 bits per heavy atom. The van der Waals surface area contributed by atoms with E-state index in [1.165, 1.54) is 6.42 Å². The summed E-state index contributed by atoms with van der Waals surface area (Å²) < 4.78 is 0. The number of hydrogen-bond donors (Lipinski definition) is 1. The van der Waals surface area contributed by atoms with Gasteiger partial charge in [-0.15, -0.1) is 0 Å². The number of piperidine rings is 1. The van der Waals surface area contributed by atoms with Gasteiger partial charge in [-0.1, -0.05) is 18.6 Å². The van der Waals surface area contributed by atoms with E-state index in [9.17, 15) is 9.90 Å². The lowest BCUT2D eigenvalue weighted by Crippen LogP contribution is -2.39. The minimum atomic E-state index is 0.0718. The monoisotopic (exact) mass is 219 g/mol. The van der Waals surface area contributed by atoms with Crippen molar-refractivity contribution in [2.75, 3.05) is 6.54 Å². The maximum atomic E-state index is 10.9. The van der Waals surface area contributed by atoms with Gasteiger partial charge in [-0.3, -0.25) is 4.90 Å². The van der Waals surface area contributed by atoms with Crippen LogP contribution < -0.4 is 0 Å². The quantitative estimate of drug-likeness (QED) is 0.790. The molecular weight excluding hydrogens is 202 g/mol. The van der Waals surface area contributed by atoms with Crippen LogP contribution in [0.25, 0.3) is 0 Å². The topological polar surface area (TPSA) is 40.5 Å². The van der Waals surface area contributed by atoms with E-state index in [2.05, 4.69) is 4.90 Å². The molecule has 1 aliphatic rings. The summed E-state index contributed by atoms with van der Waals surface area (Å²) in [5.74, 6) is 0.286. The molecule has 86 valence electrons. The van der Waals surface area contributed by atoms with Gasteiger partial charge < -0.3 is 9.90 Å². The average Bonchev–Trinajstić information content (AvgIpc) is 2.33. The summed E-state index contributed by atoms with van der Waals surface area (Å²) in [6, 6.07) is 7.27. The molecule has 1 aromatic carbocycles. The number of aromatic hydroxyl groups is 1. The molecule has 1 aromatic rings. The van der Waals surface area contributed by atoms with Crippen molar-refractivity contribution in [3.63, 3.8) is 0 Å². The van der Waals surface area contributed by atoms with Gasteiger partial charge >= 0.3 is 0 Å². The Bertz CT molecular complexity index is 347. The van der Waals surface area contributed by atoms with Gasteiger partial charge in [-0.05, 0) is 37.1 Å². The van der Waals surface area contributed by atoms with E-state index in [4.69, 9.17) is 0 Å². The SMILES string of the molecule is O=CC1CCCCN1Cc1ccc(O)cc1. The van der Waals surface area contributed by atoms with Crippen molar-refractivity contribution in [2.45, 2.75) is 31.8 Å². The second kappa shape index (κ2) is 5.12. The summed E-state index contributed by atoms with van der Waals surface area (Å²) in [6.07, 6.45) is 4.35. The molecule has 3 heteroatoms. The van der Waals surface area contributed by atoms with E-state index in [-0.39, 0.29) is 11.8 Å². The summed E-state index contributed by atoms with van der Waals surface area (Å²) >= 11 is 0. The predicted molar refractivity (Wildman–Crippen MR) is 62.2 cm³/mol. The van der Waals surface area contributed by atoms with Gasteiger partial charge in [0.15, 0.2) is 0 Å². The first kappa shape index (κ1) is 11.1. The third-order valence-electron chi connectivity index (χ3n) is 3.14. The standard InChI is InChI=1S/C13H17NO2/c15-10-12-3-1-2-8-14(12)9-11-4-6-13(16)7-5-11/h4-7,10,12,16H,1-3,8-9H2. The molecule has 0 radical (unpaired) electrons. The molecule has 1 aliphatic heterocycles. The van der Waals surface area contributed by atoms with Crippen molar-refractivity contribution in [3.05, 3.63) is 29.8 Å². The first-order valence-electron chi connectivity index (χ1n) is 5.77. The van der Waals surface area contributed by atoms with Crippen LogP contribution in [0.4, 0.5) is 0 Å². The molecule has 16 heavy (non-hydrogen) atoms. The second-order valence-corrected chi connectivity index (χ2v) is 4.34. The highest BCUT2D eigenvalue weighted by molar-refractivity contribution is 5.57. The number of carbonyl (C=O) groups excluding carboxylic acids is 1. The molecule has 0 spiro atoms. The molecule has 0 amide bonds. The highest BCUT2D eigenvalue weighted by atomic mass is 16.3. The number of benzene rings is 1. The molecule has 2 rings (SSSR count). The lowest BCUT2D eigenvalue weighted by molar-refractivity contribution is -0.113. The first-order valence-corrected chi connectivity index (χ1v) is 5.77. The molecule has 1 atom stereocenters. The molecule has 0 saturated carbocycles. The molecule has 0 aliphatic carbocycles. The van der Waals surface area contributed by atoms with E-state index in [0.717, 1.165) is 37.8 Å². The number of carbonyl (C=O) groups is 1. The van der Waals surface area contributed by atoms with Crippen LogP contribution in [0.3, 0.4) is 0 Å². The Kier molecular flexibility index (Phi) is 3.57. The van der Waals surface area contributed by atoms with E-state index in [1.807, 2.05) is 12.1 Å². The lowest BCUT2D eigenvalue weighted by Gasteiger charge is -2.32. The maximum absolute atomic E-state index is 10.9. The number of phenols is 1. The van der Waals surface area contributed by atoms with Crippen LogP contribution in [0.15, 0.2) is 24.3 Å². The highest BCUT2D eigenvalue weighted by Crippen LogP contribution is 2.19. The number of aldehydes is 1. The molecule has 1 unspecified atom stereocenters. The van der Waals surface area contributed by atoms with E-state index in [0.29, 0.717) is 0 Å². The van der Waals surface area contributed by atoms with E-state index in [1.54, 1.807) is 12.1 Å². The molecule has 1 heterocycles. The Balaban J connectivity index is 2.02. The number of phenolic OH excluding ortho intramolecular Hbond substituents is 1. The van der Waals surface area contributed by atoms with Gasteiger partial charge in [0, 0.05) is 6.54 Å². The van der Waals surface area contributed by atoms with Gasteiger partial charge in [0.1, 0.15) is 12.0 Å². The van der Waals surface area contributed by atoms with Crippen molar-refractivity contribution in [1.29, 1.82) is 0 Å². The summed E-state index contributed by atoms with van der Waals surface area (Å²) in [6.45, 7) is 1.79. The van der Waals surface area contributed by atoms with Crippen molar-refractivity contribution >= 4 is 6.29 Å². The molecule has 3 nitrogen and oxygen atoms in total. The average molecular weight is 219 g/mol. The first-order chi connectivity index (χ1) is 7.79. The smallest absolute Gasteiger partial charge is 0.137 e. The van der Waals surface area contributed by atoms with Crippen LogP contribution in [-0.4, -0.2) is 28.9 Å².